The molecule has 0 saturated heterocycles. The van der Waals surface area contributed by atoms with Gasteiger partial charge in [0.25, 0.3) is 5.56 Å². The van der Waals surface area contributed by atoms with Gasteiger partial charge in [-0.25, -0.2) is 9.97 Å². The van der Waals surface area contributed by atoms with Crippen molar-refractivity contribution in [1.29, 1.82) is 5.26 Å². The highest BCUT2D eigenvalue weighted by Crippen LogP contribution is 2.39. The molecule has 0 aromatic carbocycles. The maximum Gasteiger partial charge on any atom is 0.270 e. The van der Waals surface area contributed by atoms with Crippen molar-refractivity contribution in [2.75, 3.05) is 6.26 Å². The fourth-order valence-electron chi connectivity index (χ4n) is 3.11. The van der Waals surface area contributed by atoms with E-state index in [1.54, 1.807) is 13.1 Å². The predicted molar refractivity (Wildman–Crippen MR) is 83.8 cm³/mol. The first-order chi connectivity index (χ1) is 10.5. The average molecular weight is 316 g/mol. The zero-order chi connectivity index (χ0) is 15.9. The van der Waals surface area contributed by atoms with Gasteiger partial charge in [-0.3, -0.25) is 9.36 Å². The molecule has 114 valence electrons. The highest BCUT2D eigenvalue weighted by atomic mass is 32.2. The number of hydrogen-bond acceptors (Lipinski definition) is 6. The smallest absolute Gasteiger partial charge is 0.270 e. The largest absolute Gasteiger partial charge is 0.388 e. The first-order valence-corrected chi connectivity index (χ1v) is 8.29. The number of rotatable bonds is 2. The highest BCUT2D eigenvalue weighted by Gasteiger charge is 2.39. The number of pyridine rings is 1. The van der Waals surface area contributed by atoms with E-state index in [1.807, 2.05) is 12.3 Å². The van der Waals surface area contributed by atoms with E-state index in [-0.39, 0.29) is 11.6 Å². The van der Waals surface area contributed by atoms with Crippen LogP contribution in [0.4, 0.5) is 0 Å². The van der Waals surface area contributed by atoms with Crippen molar-refractivity contribution < 1.29 is 5.11 Å². The Kier molecular flexibility index (Phi) is 3.67. The van der Waals surface area contributed by atoms with Crippen LogP contribution in [0.3, 0.4) is 0 Å². The molecule has 0 amide bonds. The first-order valence-electron chi connectivity index (χ1n) is 7.06. The normalized spacial score (nSPS) is 24.5. The second-order valence-electron chi connectivity index (χ2n) is 5.75. The minimum absolute atomic E-state index is 0.0516. The van der Waals surface area contributed by atoms with Gasteiger partial charge in [-0.1, -0.05) is 11.8 Å². The minimum atomic E-state index is -0.977. The Balaban J connectivity index is 2.37. The summed E-state index contributed by atoms with van der Waals surface area (Å²) in [5.41, 5.74) is -0.839. The lowest BCUT2D eigenvalue weighted by Gasteiger charge is -2.28. The van der Waals surface area contributed by atoms with Gasteiger partial charge in [0, 0.05) is 11.6 Å². The fraction of sp³-hybridized carbons (Fsp3) is 0.467. The molecule has 7 heteroatoms. The van der Waals surface area contributed by atoms with Crippen LogP contribution in [0.25, 0.3) is 11.0 Å². The summed E-state index contributed by atoms with van der Waals surface area (Å²) in [6.07, 6.45) is 5.63. The Bertz CT molecular complexity index is 838. The van der Waals surface area contributed by atoms with E-state index >= 15 is 0 Å². The van der Waals surface area contributed by atoms with Crippen molar-refractivity contribution in [2.24, 2.45) is 0 Å². The van der Waals surface area contributed by atoms with Crippen LogP contribution in [0.2, 0.25) is 0 Å². The lowest BCUT2D eigenvalue weighted by atomic mass is 9.99. The summed E-state index contributed by atoms with van der Waals surface area (Å²) >= 11 is 1.39. The van der Waals surface area contributed by atoms with Crippen molar-refractivity contribution in [3.05, 3.63) is 28.2 Å². The van der Waals surface area contributed by atoms with Gasteiger partial charge < -0.3 is 5.11 Å². The monoisotopic (exact) mass is 316 g/mol. The minimum Gasteiger partial charge on any atom is -0.388 e. The quantitative estimate of drug-likeness (QED) is 0.671. The van der Waals surface area contributed by atoms with Crippen LogP contribution in [-0.4, -0.2) is 31.5 Å². The van der Waals surface area contributed by atoms with Gasteiger partial charge in [-0.15, -0.1) is 0 Å². The molecular weight excluding hydrogens is 300 g/mol. The number of thioether (sulfide) groups is 1. The Morgan fingerprint density at radius 2 is 2.36 bits per heavy atom. The van der Waals surface area contributed by atoms with Crippen LogP contribution in [0.15, 0.2) is 22.2 Å². The van der Waals surface area contributed by atoms with E-state index in [4.69, 9.17) is 0 Å². The third-order valence-electron chi connectivity index (χ3n) is 4.24. The molecule has 0 spiro atoms. The average Bonchev–Trinajstić information content (AvgIpc) is 2.85. The van der Waals surface area contributed by atoms with Crippen molar-refractivity contribution in [1.82, 2.24) is 14.5 Å². The number of nitriles is 1. The van der Waals surface area contributed by atoms with E-state index in [0.717, 1.165) is 6.42 Å². The summed E-state index contributed by atoms with van der Waals surface area (Å²) in [7, 11) is 0. The van der Waals surface area contributed by atoms with Crippen LogP contribution in [0.5, 0.6) is 0 Å². The third kappa shape index (κ3) is 2.28. The standard InChI is InChI=1S/C15H16N4O2S/c1-15(21)5-3-4-11(15)19-12-10(6-9(7-16)13(19)20)8-17-14(18-12)22-2/h6,8,11,21H,3-5H2,1-2H3/t11-,15-/m1/s1. The molecule has 6 nitrogen and oxygen atoms in total. The molecule has 1 N–H and O–H groups in total. The second kappa shape index (κ2) is 5.38. The molecule has 1 saturated carbocycles. The lowest BCUT2D eigenvalue weighted by molar-refractivity contribution is 0.0266. The van der Waals surface area contributed by atoms with E-state index in [2.05, 4.69) is 9.97 Å². The molecule has 0 unspecified atom stereocenters. The Labute approximate surface area is 131 Å². The van der Waals surface area contributed by atoms with Gasteiger partial charge in [0.15, 0.2) is 5.16 Å². The first kappa shape index (κ1) is 15.0. The van der Waals surface area contributed by atoms with E-state index in [1.165, 1.54) is 22.4 Å². The molecular formula is C15H16N4O2S. The van der Waals surface area contributed by atoms with Gasteiger partial charge in [0.2, 0.25) is 0 Å². The van der Waals surface area contributed by atoms with Gasteiger partial charge >= 0.3 is 0 Å². The van der Waals surface area contributed by atoms with E-state index < -0.39 is 11.2 Å². The summed E-state index contributed by atoms with van der Waals surface area (Å²) in [4.78, 5) is 21.3. The predicted octanol–water partition coefficient (Wildman–Crippen LogP) is 1.86. The van der Waals surface area contributed by atoms with Gasteiger partial charge in [0.1, 0.15) is 17.3 Å². The molecule has 1 fully saturated rings. The van der Waals surface area contributed by atoms with Crippen LogP contribution in [-0.2, 0) is 0 Å². The molecule has 22 heavy (non-hydrogen) atoms. The number of hydrogen-bond donors (Lipinski definition) is 1. The van der Waals surface area contributed by atoms with E-state index in [9.17, 15) is 15.2 Å². The summed E-state index contributed by atoms with van der Waals surface area (Å²) in [5, 5.41) is 21.0. The topological polar surface area (TPSA) is 91.8 Å². The maximum absolute atomic E-state index is 12.7. The van der Waals surface area contributed by atoms with Crippen LogP contribution in [0, 0.1) is 11.3 Å². The zero-order valence-electron chi connectivity index (χ0n) is 12.4. The molecule has 3 rings (SSSR count). The second-order valence-corrected chi connectivity index (χ2v) is 6.52. The number of aromatic nitrogens is 3. The lowest BCUT2D eigenvalue weighted by Crippen LogP contribution is -2.38. The van der Waals surface area contributed by atoms with Crippen molar-refractivity contribution in [3.8, 4) is 6.07 Å². The Hall–Kier alpha value is -1.91. The maximum atomic E-state index is 12.7. The third-order valence-corrected chi connectivity index (χ3v) is 4.81. The summed E-state index contributed by atoms with van der Waals surface area (Å²) < 4.78 is 1.49. The Morgan fingerprint density at radius 3 is 2.95 bits per heavy atom. The molecule has 2 aromatic heterocycles. The Morgan fingerprint density at radius 1 is 1.59 bits per heavy atom. The molecule has 0 bridgehead atoms. The number of aliphatic hydroxyl groups is 1. The number of nitrogens with zero attached hydrogens (tertiary/aromatic N) is 4. The van der Waals surface area contributed by atoms with Crippen LogP contribution < -0.4 is 5.56 Å². The molecule has 1 aliphatic carbocycles. The van der Waals surface area contributed by atoms with Crippen LogP contribution >= 0.6 is 11.8 Å². The van der Waals surface area contributed by atoms with Crippen molar-refractivity contribution in [2.45, 2.75) is 43.0 Å². The van der Waals surface area contributed by atoms with Crippen molar-refractivity contribution in [3.63, 3.8) is 0 Å². The molecule has 0 radical (unpaired) electrons. The van der Waals surface area contributed by atoms with E-state index in [0.29, 0.717) is 29.0 Å². The SMILES string of the molecule is CSc1ncc2cc(C#N)c(=O)n([C@@H]3CCC[C@@]3(C)O)c2n1. The molecule has 1 aliphatic rings. The summed E-state index contributed by atoms with van der Waals surface area (Å²) in [6, 6.07) is 3.07. The van der Waals surface area contributed by atoms with Gasteiger partial charge in [-0.05, 0) is 38.5 Å². The summed E-state index contributed by atoms with van der Waals surface area (Å²) in [6.45, 7) is 1.73. The van der Waals surface area contributed by atoms with Gasteiger partial charge in [-0.2, -0.15) is 5.26 Å². The molecule has 2 aromatic rings. The molecule has 0 aliphatic heterocycles. The summed E-state index contributed by atoms with van der Waals surface area (Å²) in [5.74, 6) is 0. The highest BCUT2D eigenvalue weighted by molar-refractivity contribution is 7.98. The number of fused-ring (bicyclic) bond motifs is 1. The fourth-order valence-corrected chi connectivity index (χ4v) is 3.45. The van der Waals surface area contributed by atoms with Gasteiger partial charge in [0.05, 0.1) is 11.6 Å². The van der Waals surface area contributed by atoms with Crippen molar-refractivity contribution >= 4 is 22.8 Å². The van der Waals surface area contributed by atoms with Crippen LogP contribution in [0.1, 0.15) is 37.8 Å². The molecule has 2 atom stereocenters. The zero-order valence-corrected chi connectivity index (χ0v) is 13.2. The molecule has 2 heterocycles.